The van der Waals surface area contributed by atoms with E-state index in [-0.39, 0.29) is 59.6 Å². The van der Waals surface area contributed by atoms with Crippen LogP contribution in [0.25, 0.3) is 0 Å². The van der Waals surface area contributed by atoms with Gasteiger partial charge in [0.2, 0.25) is 0 Å². The molecule has 16 nitrogen and oxygen atoms in total. The van der Waals surface area contributed by atoms with Crippen LogP contribution in [0.4, 0.5) is 0 Å². The van der Waals surface area contributed by atoms with Gasteiger partial charge in [0.05, 0.1) is 35.6 Å². The number of allylic oxidation sites excluding steroid dienone is 1. The molecule has 16 heteroatoms. The zero-order valence-electron chi connectivity index (χ0n) is 40.0. The van der Waals surface area contributed by atoms with E-state index >= 15 is 4.79 Å². The second-order valence-electron chi connectivity index (χ2n) is 19.1. The molecule has 1 amide bonds. The maximum Gasteiger partial charge on any atom is 0.338 e. The van der Waals surface area contributed by atoms with E-state index in [4.69, 9.17) is 28.4 Å². The van der Waals surface area contributed by atoms with Crippen molar-refractivity contribution in [1.29, 1.82) is 0 Å². The number of aliphatic hydroxyl groups excluding tert-OH is 2. The van der Waals surface area contributed by atoms with Crippen LogP contribution < -0.4 is 10.1 Å². The fourth-order valence-corrected chi connectivity index (χ4v) is 10.9. The molecule has 4 N–H and O–H groups in total. The lowest BCUT2D eigenvalue weighted by Crippen LogP contribution is -2.82. The van der Waals surface area contributed by atoms with Gasteiger partial charge in [0.25, 0.3) is 5.91 Å². The number of hydrogen-bond donors (Lipinski definition) is 4. The van der Waals surface area contributed by atoms with Crippen molar-refractivity contribution in [2.45, 2.75) is 121 Å². The second-order valence-corrected chi connectivity index (χ2v) is 19.1. The second kappa shape index (κ2) is 20.5. The van der Waals surface area contributed by atoms with Gasteiger partial charge < -0.3 is 49.1 Å². The first kappa shape index (κ1) is 51.4. The quantitative estimate of drug-likeness (QED) is 0.0556. The van der Waals surface area contributed by atoms with Gasteiger partial charge in [-0.1, -0.05) is 87.2 Å². The SMILES string of the molecule is C=CCCCC(=O)O[C@@]12CO[C@@H]1C[C@H](O)[C@@]1(C)C(=O)[C@H](OC(C)=O)C3=C(C)[C@@H](OC(=O)[C@H](O)[C@@H](NC(=O)c4ccccc4)c4ccccc4OCC=C)C[C@@](O)([C@@H](OC(=O)c4ccccc4)[C@H]21)C3(C)C. The fourth-order valence-electron chi connectivity index (χ4n) is 10.9. The minimum atomic E-state index is -2.45. The Labute approximate surface area is 406 Å². The van der Waals surface area contributed by atoms with Gasteiger partial charge >= 0.3 is 23.9 Å². The first-order valence-electron chi connectivity index (χ1n) is 23.4. The number of unbranched alkanes of at least 4 members (excludes halogenated alkanes) is 1. The monoisotopic (exact) mass is 963 g/mol. The number of para-hydroxylation sites is 1. The van der Waals surface area contributed by atoms with E-state index in [0.29, 0.717) is 12.8 Å². The lowest BCUT2D eigenvalue weighted by Gasteiger charge is -2.67. The van der Waals surface area contributed by atoms with E-state index in [1.165, 1.54) is 32.1 Å². The average Bonchev–Trinajstić information content (AvgIpc) is 3.33. The van der Waals surface area contributed by atoms with E-state index in [2.05, 4.69) is 18.5 Å². The van der Waals surface area contributed by atoms with Crippen molar-refractivity contribution in [2.24, 2.45) is 16.7 Å². The number of esters is 4. The summed E-state index contributed by atoms with van der Waals surface area (Å²) >= 11 is 0. The van der Waals surface area contributed by atoms with Crippen molar-refractivity contribution in [1.82, 2.24) is 5.32 Å². The molecule has 0 radical (unpaired) electrons. The molecule has 3 fully saturated rings. The van der Waals surface area contributed by atoms with E-state index in [1.54, 1.807) is 92.7 Å². The highest BCUT2D eigenvalue weighted by atomic mass is 16.6. The zero-order valence-corrected chi connectivity index (χ0v) is 40.0. The highest BCUT2D eigenvalue weighted by Gasteiger charge is 2.78. The summed E-state index contributed by atoms with van der Waals surface area (Å²) in [5, 5.41) is 41.1. The summed E-state index contributed by atoms with van der Waals surface area (Å²) in [5.41, 5.74) is -7.49. The Morgan fingerprint density at radius 1 is 0.900 bits per heavy atom. The third kappa shape index (κ3) is 9.20. The number of nitrogens with one attached hydrogen (secondary N) is 1. The largest absolute Gasteiger partial charge is 0.489 e. The molecule has 1 saturated heterocycles. The standard InChI is InChI=1S/C54H61NO15/c1-8-10-13-26-40(58)70-53-30-66-39(53)28-38(57)52(7)45(53)47(69-49(62)34-22-16-12-17-23-34)54(64)29-37(31(3)41(51(54,5)6)44(46(52)60)67-32(4)56)68-50(63)43(59)42(55-48(61)33-20-14-11-15-21-33)35-24-18-19-25-36(35)65-27-9-2/h8-9,11-12,14-25,37-39,42-45,47,57,59,64H,1-2,10,13,26-30H2,3-7H3,(H,55,61)/t37-,38-,39+,42-,43+,44+,45-,47-,52+,53-,54+/m0/s1. The van der Waals surface area contributed by atoms with Gasteiger partial charge in [-0.2, -0.15) is 0 Å². The first-order valence-corrected chi connectivity index (χ1v) is 23.4. The predicted octanol–water partition coefficient (Wildman–Crippen LogP) is 5.64. The molecule has 70 heavy (non-hydrogen) atoms. The first-order chi connectivity index (χ1) is 33.3. The van der Waals surface area contributed by atoms with Gasteiger partial charge in [0.15, 0.2) is 23.6 Å². The summed E-state index contributed by atoms with van der Waals surface area (Å²) in [7, 11) is 0. The van der Waals surface area contributed by atoms with Gasteiger partial charge in [-0.25, -0.2) is 9.59 Å². The van der Waals surface area contributed by atoms with Crippen LogP contribution in [-0.2, 0) is 42.9 Å². The Hall–Kier alpha value is -6.46. The van der Waals surface area contributed by atoms with Crippen molar-refractivity contribution in [3.8, 4) is 5.75 Å². The number of ether oxygens (including phenoxy) is 6. The average molecular weight is 964 g/mol. The third-order valence-electron chi connectivity index (χ3n) is 14.7. The number of Topliss-reactive ketones (excluding diaryl/α,β-unsaturated/α-hetero) is 1. The molecule has 0 spiro atoms. The zero-order chi connectivity index (χ0) is 50.8. The third-order valence-corrected chi connectivity index (χ3v) is 14.7. The van der Waals surface area contributed by atoms with Crippen molar-refractivity contribution < 1.29 is 72.5 Å². The van der Waals surface area contributed by atoms with Gasteiger partial charge in [0.1, 0.15) is 36.3 Å². The van der Waals surface area contributed by atoms with Crippen LogP contribution in [0.2, 0.25) is 0 Å². The van der Waals surface area contributed by atoms with Crippen LogP contribution in [-0.4, -0.2) is 112 Å². The molecule has 3 aromatic rings. The lowest BCUT2D eigenvalue weighted by atomic mass is 9.44. The van der Waals surface area contributed by atoms with Gasteiger partial charge in [-0.15, -0.1) is 6.58 Å². The number of amides is 1. The van der Waals surface area contributed by atoms with Gasteiger partial charge in [0, 0.05) is 42.7 Å². The molecule has 3 aromatic carbocycles. The van der Waals surface area contributed by atoms with Crippen LogP contribution in [0.15, 0.2) is 121 Å². The fraction of sp³-hybridized carbons (Fsp3) is 0.444. The van der Waals surface area contributed by atoms with Crippen LogP contribution in [0, 0.1) is 16.7 Å². The topological polar surface area (TPSA) is 231 Å². The molecule has 2 saturated carbocycles. The highest BCUT2D eigenvalue weighted by molar-refractivity contribution is 5.96. The maximum atomic E-state index is 15.8. The van der Waals surface area contributed by atoms with Gasteiger partial charge in [-0.3, -0.25) is 19.2 Å². The molecular weight excluding hydrogens is 903 g/mol. The van der Waals surface area contributed by atoms with Crippen molar-refractivity contribution in [3.05, 3.63) is 138 Å². The van der Waals surface area contributed by atoms with E-state index in [9.17, 15) is 39.3 Å². The number of ketones is 1. The number of rotatable bonds is 17. The van der Waals surface area contributed by atoms with Crippen LogP contribution in [0.3, 0.4) is 0 Å². The maximum absolute atomic E-state index is 15.8. The Balaban J connectivity index is 1.39. The number of carbonyl (C=O) groups excluding carboxylic acids is 6. The predicted molar refractivity (Wildman–Crippen MR) is 252 cm³/mol. The molecule has 2 bridgehead atoms. The molecule has 3 aliphatic carbocycles. The Morgan fingerprint density at radius 3 is 2.16 bits per heavy atom. The van der Waals surface area contributed by atoms with E-state index < -0.39 is 113 Å². The van der Waals surface area contributed by atoms with E-state index in [1.807, 2.05) is 0 Å². The molecule has 11 atom stereocenters. The number of fused-ring (bicyclic) bond motifs is 5. The summed E-state index contributed by atoms with van der Waals surface area (Å²) in [4.78, 5) is 85.8. The van der Waals surface area contributed by atoms with Crippen molar-refractivity contribution in [2.75, 3.05) is 13.2 Å². The molecular formula is C54H61NO15. The summed E-state index contributed by atoms with van der Waals surface area (Å²) in [6.45, 7) is 14.3. The Bertz CT molecular complexity index is 2540. The van der Waals surface area contributed by atoms with Crippen molar-refractivity contribution in [3.63, 3.8) is 0 Å². The highest BCUT2D eigenvalue weighted by Crippen LogP contribution is 2.64. The summed E-state index contributed by atoms with van der Waals surface area (Å²) in [5.74, 6) is -6.75. The molecule has 7 rings (SSSR count). The van der Waals surface area contributed by atoms with E-state index in [0.717, 1.165) is 6.92 Å². The summed E-state index contributed by atoms with van der Waals surface area (Å²) < 4.78 is 36.9. The van der Waals surface area contributed by atoms with Crippen LogP contribution in [0.5, 0.6) is 5.75 Å². The minimum Gasteiger partial charge on any atom is -0.489 e. The molecule has 0 aromatic heterocycles. The normalized spacial score (nSPS) is 29.4. The Morgan fingerprint density at radius 2 is 1.54 bits per heavy atom. The summed E-state index contributed by atoms with van der Waals surface area (Å²) in [6, 6.07) is 20.9. The smallest absolute Gasteiger partial charge is 0.338 e. The number of aliphatic hydroxyl groups is 3. The number of carbonyl (C=O) groups is 6. The minimum absolute atomic E-state index is 0.0269. The number of hydrogen-bond acceptors (Lipinski definition) is 15. The molecule has 372 valence electrons. The number of benzene rings is 3. The lowest BCUT2D eigenvalue weighted by molar-refractivity contribution is -0.346. The van der Waals surface area contributed by atoms with Crippen LogP contribution in [0.1, 0.15) is 99.0 Å². The van der Waals surface area contributed by atoms with Crippen molar-refractivity contribution >= 4 is 35.6 Å². The molecule has 1 heterocycles. The van der Waals surface area contributed by atoms with Crippen LogP contribution >= 0.6 is 0 Å². The molecule has 1 aliphatic heterocycles. The van der Waals surface area contributed by atoms with Gasteiger partial charge in [-0.05, 0) is 68.2 Å². The molecule has 4 aliphatic rings. The Kier molecular flexibility index (Phi) is 15.0. The summed E-state index contributed by atoms with van der Waals surface area (Å²) in [6.07, 6.45) is -7.00. The molecule has 0 unspecified atom stereocenters.